The fourth-order valence-electron chi connectivity index (χ4n) is 6.45. The number of carbonyl (C=O) groups excluding carboxylic acids is 5. The molecule has 64 heavy (non-hydrogen) atoms. The Balaban J connectivity index is 0.000000241. The number of anilines is 4. The Morgan fingerprint density at radius 1 is 0.453 bits per heavy atom. The Bertz CT molecular complexity index is 2520. The van der Waals surface area contributed by atoms with Crippen LogP contribution in [0.25, 0.3) is 22.3 Å². The van der Waals surface area contributed by atoms with Crippen molar-refractivity contribution in [3.63, 3.8) is 0 Å². The molecule has 4 aromatic heterocycles. The summed E-state index contributed by atoms with van der Waals surface area (Å²) < 4.78 is 17.0. The summed E-state index contributed by atoms with van der Waals surface area (Å²) in [4.78, 5) is 72.2. The van der Waals surface area contributed by atoms with E-state index in [-0.39, 0.29) is 23.3 Å². The minimum atomic E-state index is -0.995. The van der Waals surface area contributed by atoms with Crippen LogP contribution in [0.3, 0.4) is 0 Å². The number of aromatic carboxylic acids is 1. The highest BCUT2D eigenvalue weighted by Crippen LogP contribution is 2.26. The number of carboxylic acids is 1. The SMILES string of the molecule is CC(=O)c1cc(-c2ccc(NC(=O)c3cc(NC(=O)OC(C)(C)C)cn3C)cc2)cn1C.Cn1cc(-c2ccc(NC(=O)c3cc(NC(=O)OC(C)(C)C)cn3C)cc2)cc1C(=O)O. The molecular weight excluding hydrogens is 821 g/mol. The molecule has 0 unspecified atom stereocenters. The van der Waals surface area contributed by atoms with Crippen LogP contribution in [-0.4, -0.2) is 70.3 Å². The van der Waals surface area contributed by atoms with Gasteiger partial charge in [-0.1, -0.05) is 24.3 Å². The van der Waals surface area contributed by atoms with Crippen molar-refractivity contribution < 1.29 is 43.3 Å². The summed E-state index contributed by atoms with van der Waals surface area (Å²) >= 11 is 0. The van der Waals surface area contributed by atoms with Gasteiger partial charge in [0.05, 0.1) is 17.1 Å². The van der Waals surface area contributed by atoms with Gasteiger partial charge < -0.3 is 43.5 Å². The summed E-state index contributed by atoms with van der Waals surface area (Å²) in [6.45, 7) is 12.2. The Labute approximate surface area is 371 Å². The Morgan fingerprint density at radius 2 is 0.797 bits per heavy atom. The van der Waals surface area contributed by atoms with E-state index in [4.69, 9.17) is 9.47 Å². The number of carboxylic acid groups (broad SMARTS) is 1. The van der Waals surface area contributed by atoms with Gasteiger partial charge >= 0.3 is 18.2 Å². The number of nitrogens with zero attached hydrogens (tertiary/aromatic N) is 4. The van der Waals surface area contributed by atoms with E-state index in [2.05, 4.69) is 21.3 Å². The second-order valence-electron chi connectivity index (χ2n) is 17.1. The van der Waals surface area contributed by atoms with Gasteiger partial charge in [-0.05, 0) is 101 Å². The quantitative estimate of drug-likeness (QED) is 0.0830. The van der Waals surface area contributed by atoms with Crippen LogP contribution in [0.15, 0.2) is 97.6 Å². The first-order valence-electron chi connectivity index (χ1n) is 20.1. The highest BCUT2D eigenvalue weighted by Gasteiger charge is 2.21. The van der Waals surface area contributed by atoms with Crippen molar-refractivity contribution >= 4 is 58.5 Å². The lowest BCUT2D eigenvalue weighted by Crippen LogP contribution is -2.27. The van der Waals surface area contributed by atoms with Crippen LogP contribution in [0.2, 0.25) is 0 Å². The zero-order valence-corrected chi connectivity index (χ0v) is 37.7. The largest absolute Gasteiger partial charge is 0.477 e. The summed E-state index contributed by atoms with van der Waals surface area (Å²) in [6, 6.07) is 21.0. The highest BCUT2D eigenvalue weighted by atomic mass is 16.6. The minimum absolute atomic E-state index is 0.00530. The van der Waals surface area contributed by atoms with Crippen molar-refractivity contribution in [1.29, 1.82) is 0 Å². The molecule has 0 aliphatic rings. The van der Waals surface area contributed by atoms with Crippen LogP contribution in [0.1, 0.15) is 90.4 Å². The standard InChI is InChI=1S/C24H28N4O4.C23H26N4O5/c1-15(29)20-11-17(13-27(20)5)16-7-9-18(10-8-16)25-22(30)21-12-19(14-28(21)6)26-23(31)32-24(2,3)4;1-23(2,3)32-22(31)25-17-11-18(27(5)13-17)20(28)24-16-8-6-14(7-9-16)15-10-19(21(29)30)26(4)12-15/h7-14H,1-6H3,(H,25,30)(H,26,31);6-13H,1-5H3,(H,24,28)(H,25,31)(H,29,30). The van der Waals surface area contributed by atoms with Crippen molar-refractivity contribution in [2.24, 2.45) is 28.2 Å². The van der Waals surface area contributed by atoms with E-state index in [0.29, 0.717) is 39.8 Å². The van der Waals surface area contributed by atoms with E-state index in [9.17, 15) is 33.9 Å². The van der Waals surface area contributed by atoms with E-state index < -0.39 is 29.4 Å². The molecule has 0 bridgehead atoms. The molecule has 6 rings (SSSR count). The zero-order chi connectivity index (χ0) is 47.3. The molecular formula is C47H54N8O9. The topological polar surface area (TPSA) is 209 Å². The third-order valence-corrected chi connectivity index (χ3v) is 9.31. The number of aryl methyl sites for hydroxylation is 4. The number of aromatic nitrogens is 4. The lowest BCUT2D eigenvalue weighted by molar-refractivity contribution is 0.0624. The minimum Gasteiger partial charge on any atom is -0.477 e. The summed E-state index contributed by atoms with van der Waals surface area (Å²) in [6.07, 6.45) is 5.71. The van der Waals surface area contributed by atoms with Gasteiger partial charge in [-0.3, -0.25) is 25.0 Å². The number of nitrogens with one attached hydrogen (secondary N) is 4. The maximum atomic E-state index is 12.7. The van der Waals surface area contributed by atoms with Crippen molar-refractivity contribution in [3.8, 4) is 22.3 Å². The summed E-state index contributed by atoms with van der Waals surface area (Å²) in [5.41, 5.74) is 5.91. The number of hydrogen-bond donors (Lipinski definition) is 5. The van der Waals surface area contributed by atoms with Crippen molar-refractivity contribution in [3.05, 3.63) is 120 Å². The third kappa shape index (κ3) is 12.6. The van der Waals surface area contributed by atoms with E-state index in [1.807, 2.05) is 31.4 Å². The molecule has 0 saturated heterocycles. The molecule has 6 aromatic rings. The molecule has 0 spiro atoms. The molecule has 0 aliphatic carbocycles. The lowest BCUT2D eigenvalue weighted by Gasteiger charge is -2.19. The van der Waals surface area contributed by atoms with Gasteiger partial charge in [0.1, 0.15) is 28.3 Å². The van der Waals surface area contributed by atoms with Gasteiger partial charge in [0.25, 0.3) is 11.8 Å². The number of amides is 4. The van der Waals surface area contributed by atoms with E-state index in [0.717, 1.165) is 22.3 Å². The Hall–Kier alpha value is -7.82. The Morgan fingerprint density at radius 3 is 1.11 bits per heavy atom. The van der Waals surface area contributed by atoms with E-state index in [1.165, 1.54) is 6.92 Å². The second-order valence-corrected chi connectivity index (χ2v) is 17.1. The summed E-state index contributed by atoms with van der Waals surface area (Å²) in [5, 5.41) is 20.1. The number of benzene rings is 2. The molecule has 2 aromatic carbocycles. The molecule has 0 fully saturated rings. The van der Waals surface area contributed by atoms with Crippen LogP contribution in [0.4, 0.5) is 32.3 Å². The highest BCUT2D eigenvalue weighted by molar-refractivity contribution is 6.05. The van der Waals surface area contributed by atoms with Gasteiger partial charge in [-0.15, -0.1) is 0 Å². The normalized spacial score (nSPS) is 11.2. The maximum absolute atomic E-state index is 12.7. The van der Waals surface area contributed by atoms with Crippen molar-refractivity contribution in [2.45, 2.75) is 59.7 Å². The van der Waals surface area contributed by atoms with Crippen LogP contribution < -0.4 is 21.3 Å². The number of rotatable bonds is 10. The average Bonchev–Trinajstić information content (AvgIpc) is 3.95. The molecule has 0 saturated carbocycles. The van der Waals surface area contributed by atoms with Crippen molar-refractivity contribution in [2.75, 3.05) is 21.3 Å². The molecule has 0 aliphatic heterocycles. The van der Waals surface area contributed by atoms with Gasteiger partial charge in [-0.2, -0.15) is 0 Å². The maximum Gasteiger partial charge on any atom is 0.412 e. The third-order valence-electron chi connectivity index (χ3n) is 9.31. The lowest BCUT2D eigenvalue weighted by atomic mass is 10.1. The fourth-order valence-corrected chi connectivity index (χ4v) is 6.45. The number of ether oxygens (including phenoxy) is 2. The molecule has 17 nitrogen and oxygen atoms in total. The molecule has 4 amide bonds. The van der Waals surface area contributed by atoms with Gasteiger partial charge in [-0.25, -0.2) is 14.4 Å². The number of Topliss-reactive ketones (excluding diaryl/α,β-unsaturated/α-hetero) is 1. The smallest absolute Gasteiger partial charge is 0.412 e. The fraction of sp³-hybridized carbons (Fsp3) is 0.277. The molecule has 0 radical (unpaired) electrons. The molecule has 5 N–H and O–H groups in total. The Kier molecular flexibility index (Phi) is 14.1. The van der Waals surface area contributed by atoms with Gasteiger partial charge in [0.15, 0.2) is 5.78 Å². The van der Waals surface area contributed by atoms with Crippen LogP contribution in [-0.2, 0) is 37.7 Å². The number of carbonyl (C=O) groups is 6. The summed E-state index contributed by atoms with van der Waals surface area (Å²) in [5.74, 6) is -1.64. The van der Waals surface area contributed by atoms with E-state index in [1.54, 1.807) is 154 Å². The van der Waals surface area contributed by atoms with Crippen molar-refractivity contribution in [1.82, 2.24) is 18.3 Å². The predicted molar refractivity (Wildman–Crippen MR) is 245 cm³/mol. The zero-order valence-electron chi connectivity index (χ0n) is 37.7. The molecule has 17 heteroatoms. The summed E-state index contributed by atoms with van der Waals surface area (Å²) in [7, 11) is 6.93. The van der Waals surface area contributed by atoms with Crippen LogP contribution in [0.5, 0.6) is 0 Å². The first-order chi connectivity index (χ1) is 29.8. The predicted octanol–water partition coefficient (Wildman–Crippen LogP) is 9.16. The molecule has 4 heterocycles. The first kappa shape index (κ1) is 47.2. The van der Waals surface area contributed by atoms with Crippen LogP contribution >= 0.6 is 0 Å². The number of hydrogen-bond acceptors (Lipinski definition) is 8. The monoisotopic (exact) mass is 874 g/mol. The second kappa shape index (κ2) is 19.1. The molecule has 336 valence electrons. The van der Waals surface area contributed by atoms with Gasteiger partial charge in [0.2, 0.25) is 0 Å². The van der Waals surface area contributed by atoms with Crippen LogP contribution in [0, 0.1) is 0 Å². The average molecular weight is 875 g/mol. The molecule has 0 atom stereocenters. The number of ketones is 1. The van der Waals surface area contributed by atoms with E-state index >= 15 is 0 Å². The first-order valence-corrected chi connectivity index (χ1v) is 20.1. The van der Waals surface area contributed by atoms with Gasteiger partial charge in [0, 0.05) is 82.4 Å².